The van der Waals surface area contributed by atoms with Gasteiger partial charge in [-0.1, -0.05) is 38.5 Å². The number of rotatable bonds is 2. The molecular weight excluding hydrogens is 238 g/mol. The summed E-state index contributed by atoms with van der Waals surface area (Å²) >= 11 is -2.61. The maximum Gasteiger partial charge on any atom is 0.299 e. The fourth-order valence-electron chi connectivity index (χ4n) is 2.87. The lowest BCUT2D eigenvalue weighted by Crippen LogP contribution is -2.40. The van der Waals surface area contributed by atoms with Crippen LogP contribution in [0.1, 0.15) is 64.2 Å². The Kier molecular flexibility index (Phi) is 8.01. The van der Waals surface area contributed by atoms with Gasteiger partial charge in [-0.15, -0.1) is 0 Å². The summed E-state index contributed by atoms with van der Waals surface area (Å²) in [5.41, 5.74) is 0. The molecule has 0 atom stereocenters. The second kappa shape index (κ2) is 9.03. The molecule has 0 radical (unpaired) electrons. The van der Waals surface area contributed by atoms with Gasteiger partial charge in [0.15, 0.2) is 0 Å². The van der Waals surface area contributed by atoms with Crippen molar-refractivity contribution in [1.82, 2.24) is 5.32 Å². The Balaban J connectivity index is 0.000000317. The zero-order valence-corrected chi connectivity index (χ0v) is 11.3. The average molecular weight is 263 g/mol. The number of hydrogen-bond donors (Lipinski definition) is 3. The lowest BCUT2D eigenvalue weighted by atomic mass is 9.91. The Morgan fingerprint density at radius 1 is 0.765 bits per heavy atom. The van der Waals surface area contributed by atoms with Gasteiger partial charge in [0.1, 0.15) is 0 Å². The van der Waals surface area contributed by atoms with E-state index in [1.807, 2.05) is 0 Å². The normalized spacial score (nSPS) is 23.2. The molecule has 0 amide bonds. The van der Waals surface area contributed by atoms with Crippen LogP contribution in [-0.2, 0) is 11.4 Å². The molecule has 0 aromatic heterocycles. The molecule has 0 heterocycles. The van der Waals surface area contributed by atoms with E-state index in [1.165, 1.54) is 64.2 Å². The van der Waals surface area contributed by atoms with Crippen molar-refractivity contribution in [3.05, 3.63) is 0 Å². The number of hydrogen-bond acceptors (Lipinski definition) is 2. The Labute approximate surface area is 107 Å². The second-order valence-corrected chi connectivity index (χ2v) is 5.53. The molecule has 0 bridgehead atoms. The fourth-order valence-corrected chi connectivity index (χ4v) is 2.87. The lowest BCUT2D eigenvalue weighted by Gasteiger charge is -2.30. The third-order valence-electron chi connectivity index (χ3n) is 3.68. The molecule has 2 aliphatic carbocycles. The first-order valence-corrected chi connectivity index (χ1v) is 7.81. The molecule has 17 heavy (non-hydrogen) atoms. The van der Waals surface area contributed by atoms with Gasteiger partial charge in [-0.3, -0.25) is 9.11 Å². The van der Waals surface area contributed by atoms with Gasteiger partial charge in [0, 0.05) is 12.1 Å². The Morgan fingerprint density at radius 3 is 1.35 bits per heavy atom. The standard InChI is InChI=1S/C12H23N.H2O3S/c1-3-7-11(8-4-1)13-12-9-5-2-6-10-12;1-4(2)3/h11-13H,1-10H2;(H2,1,2,3). The van der Waals surface area contributed by atoms with Gasteiger partial charge >= 0.3 is 0 Å². The zero-order chi connectivity index (χ0) is 12.5. The fraction of sp³-hybridized carbons (Fsp3) is 1.00. The molecule has 3 N–H and O–H groups in total. The third kappa shape index (κ3) is 7.86. The van der Waals surface area contributed by atoms with E-state index in [0.29, 0.717) is 0 Å². The minimum absolute atomic E-state index is 0.872. The van der Waals surface area contributed by atoms with E-state index in [0.717, 1.165) is 12.1 Å². The van der Waals surface area contributed by atoms with Crippen LogP contribution in [0.5, 0.6) is 0 Å². The summed E-state index contributed by atoms with van der Waals surface area (Å²) in [7, 11) is 0. The molecule has 0 aromatic carbocycles. The van der Waals surface area contributed by atoms with Crippen LogP contribution in [-0.4, -0.2) is 25.4 Å². The SMILES string of the molecule is C1CCC(NC2CCCCC2)CC1.O=S(O)O. The second-order valence-electron chi connectivity index (χ2n) is 5.07. The molecule has 2 aliphatic rings. The summed E-state index contributed by atoms with van der Waals surface area (Å²) in [6, 6.07) is 1.74. The topological polar surface area (TPSA) is 69.6 Å². The van der Waals surface area contributed by atoms with Crippen molar-refractivity contribution >= 4 is 11.4 Å². The predicted molar refractivity (Wildman–Crippen MR) is 70.3 cm³/mol. The molecule has 2 fully saturated rings. The van der Waals surface area contributed by atoms with E-state index in [-0.39, 0.29) is 0 Å². The van der Waals surface area contributed by atoms with Crippen molar-refractivity contribution in [2.75, 3.05) is 0 Å². The Hall–Kier alpha value is 0.0300. The average Bonchev–Trinajstić information content (AvgIpc) is 2.31. The van der Waals surface area contributed by atoms with Crippen LogP contribution in [0.15, 0.2) is 0 Å². The van der Waals surface area contributed by atoms with E-state index >= 15 is 0 Å². The van der Waals surface area contributed by atoms with Crippen LogP contribution < -0.4 is 5.32 Å². The van der Waals surface area contributed by atoms with Crippen LogP contribution in [0.3, 0.4) is 0 Å². The summed E-state index contributed by atoms with van der Waals surface area (Å²) in [5.74, 6) is 0. The quantitative estimate of drug-likeness (QED) is 0.670. The molecule has 0 aliphatic heterocycles. The number of nitrogens with one attached hydrogen (secondary N) is 1. The van der Waals surface area contributed by atoms with E-state index in [1.54, 1.807) is 0 Å². The molecule has 5 heteroatoms. The van der Waals surface area contributed by atoms with Gasteiger partial charge in [0.2, 0.25) is 0 Å². The molecule has 0 saturated heterocycles. The molecule has 0 unspecified atom stereocenters. The molecular formula is C12H25NO3S. The van der Waals surface area contributed by atoms with Crippen LogP contribution in [0, 0.1) is 0 Å². The summed E-state index contributed by atoms with van der Waals surface area (Å²) < 4.78 is 22.8. The highest BCUT2D eigenvalue weighted by atomic mass is 32.2. The maximum absolute atomic E-state index is 8.67. The molecule has 0 spiro atoms. The van der Waals surface area contributed by atoms with Crippen LogP contribution in [0.4, 0.5) is 0 Å². The first-order chi connectivity index (χ1) is 8.18. The van der Waals surface area contributed by atoms with Gasteiger partial charge < -0.3 is 5.32 Å². The molecule has 2 saturated carbocycles. The molecule has 2 rings (SSSR count). The lowest BCUT2D eigenvalue weighted by molar-refractivity contribution is 0.291. The highest BCUT2D eigenvalue weighted by Gasteiger charge is 2.19. The molecule has 4 nitrogen and oxygen atoms in total. The predicted octanol–water partition coefficient (Wildman–Crippen LogP) is 2.92. The van der Waals surface area contributed by atoms with Crippen molar-refractivity contribution < 1.29 is 13.3 Å². The highest BCUT2D eigenvalue weighted by Crippen LogP contribution is 2.22. The molecule has 0 aromatic rings. The molecule has 102 valence electrons. The summed E-state index contributed by atoms with van der Waals surface area (Å²) in [5, 5.41) is 3.86. The van der Waals surface area contributed by atoms with Gasteiger partial charge in [0.05, 0.1) is 0 Å². The van der Waals surface area contributed by atoms with E-state index in [4.69, 9.17) is 13.3 Å². The monoisotopic (exact) mass is 263 g/mol. The van der Waals surface area contributed by atoms with Gasteiger partial charge in [-0.2, -0.15) is 4.21 Å². The van der Waals surface area contributed by atoms with Crippen molar-refractivity contribution in [2.24, 2.45) is 0 Å². The van der Waals surface area contributed by atoms with E-state index in [2.05, 4.69) is 5.32 Å². The maximum atomic E-state index is 8.67. The van der Waals surface area contributed by atoms with Crippen molar-refractivity contribution in [1.29, 1.82) is 0 Å². The summed E-state index contributed by atoms with van der Waals surface area (Å²) in [6.07, 6.45) is 14.6. The Morgan fingerprint density at radius 2 is 1.06 bits per heavy atom. The summed E-state index contributed by atoms with van der Waals surface area (Å²) in [6.45, 7) is 0. The van der Waals surface area contributed by atoms with E-state index < -0.39 is 11.4 Å². The minimum atomic E-state index is -2.61. The third-order valence-corrected chi connectivity index (χ3v) is 3.68. The highest BCUT2D eigenvalue weighted by molar-refractivity contribution is 7.73. The first-order valence-electron chi connectivity index (χ1n) is 6.74. The zero-order valence-electron chi connectivity index (χ0n) is 10.4. The van der Waals surface area contributed by atoms with Crippen LogP contribution in [0.2, 0.25) is 0 Å². The van der Waals surface area contributed by atoms with Gasteiger partial charge in [-0.05, 0) is 25.7 Å². The summed E-state index contributed by atoms with van der Waals surface area (Å²) in [4.78, 5) is 0. The van der Waals surface area contributed by atoms with Crippen LogP contribution >= 0.6 is 0 Å². The Bertz CT molecular complexity index is 194. The van der Waals surface area contributed by atoms with Gasteiger partial charge in [0.25, 0.3) is 11.4 Å². The van der Waals surface area contributed by atoms with Crippen molar-refractivity contribution in [3.8, 4) is 0 Å². The van der Waals surface area contributed by atoms with Gasteiger partial charge in [-0.25, -0.2) is 0 Å². The largest absolute Gasteiger partial charge is 0.311 e. The van der Waals surface area contributed by atoms with E-state index in [9.17, 15) is 0 Å². The first kappa shape index (κ1) is 15.1. The van der Waals surface area contributed by atoms with Crippen molar-refractivity contribution in [3.63, 3.8) is 0 Å². The minimum Gasteiger partial charge on any atom is -0.311 e. The van der Waals surface area contributed by atoms with Crippen LogP contribution in [0.25, 0.3) is 0 Å². The smallest absolute Gasteiger partial charge is 0.299 e. The van der Waals surface area contributed by atoms with Crippen molar-refractivity contribution in [2.45, 2.75) is 76.3 Å².